The van der Waals surface area contributed by atoms with E-state index in [1.807, 2.05) is 42.5 Å². The fourth-order valence-corrected chi connectivity index (χ4v) is 3.16. The van der Waals surface area contributed by atoms with Crippen molar-refractivity contribution in [2.24, 2.45) is 11.5 Å². The smallest absolute Gasteiger partial charge is 0.250 e. The van der Waals surface area contributed by atoms with Gasteiger partial charge in [0.2, 0.25) is 0 Å². The van der Waals surface area contributed by atoms with E-state index in [0.717, 1.165) is 16.7 Å². The maximum Gasteiger partial charge on any atom is 0.250 e. The number of nitrogen functional groups attached to an aromatic ring is 2. The van der Waals surface area contributed by atoms with Gasteiger partial charge in [0, 0.05) is 17.3 Å². The molecule has 0 fully saturated rings. The minimum Gasteiger partial charge on any atom is -0.398 e. The summed E-state index contributed by atoms with van der Waals surface area (Å²) in [6.07, 6.45) is 0. The van der Waals surface area contributed by atoms with Gasteiger partial charge in [-0.25, -0.2) is 0 Å². The second-order valence-electron chi connectivity index (χ2n) is 6.27. The summed E-state index contributed by atoms with van der Waals surface area (Å²) >= 11 is 0. The van der Waals surface area contributed by atoms with Crippen LogP contribution in [0.1, 0.15) is 43.3 Å². The van der Waals surface area contributed by atoms with Crippen LogP contribution in [-0.2, 0) is 0 Å². The molecular weight excluding hydrogens is 340 g/mol. The predicted molar refractivity (Wildman–Crippen MR) is 106 cm³/mol. The van der Waals surface area contributed by atoms with Crippen LogP contribution >= 0.6 is 0 Å². The highest BCUT2D eigenvalue weighted by Crippen LogP contribution is 2.34. The Labute approximate surface area is 156 Å². The first-order chi connectivity index (χ1) is 12.9. The van der Waals surface area contributed by atoms with E-state index in [0.29, 0.717) is 11.4 Å². The monoisotopic (exact) mass is 360 g/mol. The van der Waals surface area contributed by atoms with Gasteiger partial charge in [-0.1, -0.05) is 42.5 Å². The zero-order valence-corrected chi connectivity index (χ0v) is 14.6. The van der Waals surface area contributed by atoms with Crippen LogP contribution in [0.3, 0.4) is 0 Å². The van der Waals surface area contributed by atoms with E-state index < -0.39 is 11.8 Å². The molecule has 6 nitrogen and oxygen atoms in total. The van der Waals surface area contributed by atoms with Gasteiger partial charge in [0.15, 0.2) is 0 Å². The zero-order valence-electron chi connectivity index (χ0n) is 14.6. The quantitative estimate of drug-likeness (QED) is 0.409. The Bertz CT molecular complexity index is 952. The number of amides is 2. The van der Waals surface area contributed by atoms with Gasteiger partial charge in [-0.2, -0.15) is 0 Å². The van der Waals surface area contributed by atoms with Gasteiger partial charge in [0.05, 0.1) is 11.1 Å². The van der Waals surface area contributed by atoms with E-state index in [9.17, 15) is 9.59 Å². The van der Waals surface area contributed by atoms with Crippen LogP contribution in [0.2, 0.25) is 0 Å². The molecule has 0 spiro atoms. The average molecular weight is 360 g/mol. The molecule has 3 rings (SSSR count). The summed E-state index contributed by atoms with van der Waals surface area (Å²) in [4.78, 5) is 23.4. The topological polar surface area (TPSA) is 138 Å². The molecule has 0 aliphatic carbocycles. The van der Waals surface area contributed by atoms with Gasteiger partial charge < -0.3 is 22.9 Å². The van der Waals surface area contributed by atoms with Crippen LogP contribution in [0, 0.1) is 0 Å². The highest BCUT2D eigenvalue weighted by molar-refractivity contribution is 5.99. The number of hydrogen-bond donors (Lipinski definition) is 4. The molecule has 0 aliphatic rings. The third-order valence-electron chi connectivity index (χ3n) is 4.49. The Morgan fingerprint density at radius 3 is 1.48 bits per heavy atom. The summed E-state index contributed by atoms with van der Waals surface area (Å²) in [5.41, 5.74) is 26.4. The van der Waals surface area contributed by atoms with Crippen molar-refractivity contribution in [3.63, 3.8) is 0 Å². The third-order valence-corrected chi connectivity index (χ3v) is 4.49. The summed E-state index contributed by atoms with van der Waals surface area (Å²) < 4.78 is 0. The van der Waals surface area contributed by atoms with Crippen molar-refractivity contribution < 1.29 is 9.59 Å². The van der Waals surface area contributed by atoms with Gasteiger partial charge in [-0.3, -0.25) is 9.59 Å². The Morgan fingerprint density at radius 1 is 0.630 bits per heavy atom. The summed E-state index contributed by atoms with van der Waals surface area (Å²) in [6.45, 7) is 0. The van der Waals surface area contributed by atoms with E-state index in [4.69, 9.17) is 22.9 Å². The molecule has 6 heteroatoms. The lowest BCUT2D eigenvalue weighted by molar-refractivity contribution is 0.0992. The zero-order chi connectivity index (χ0) is 19.6. The predicted octanol–water partition coefficient (Wildman–Crippen LogP) is 2.23. The first kappa shape index (κ1) is 18.0. The van der Waals surface area contributed by atoms with Gasteiger partial charge >= 0.3 is 0 Å². The van der Waals surface area contributed by atoms with Gasteiger partial charge in [0.25, 0.3) is 11.8 Å². The lowest BCUT2D eigenvalue weighted by atomic mass is 9.83. The molecule has 0 aromatic heterocycles. The van der Waals surface area contributed by atoms with E-state index in [2.05, 4.69) is 0 Å². The van der Waals surface area contributed by atoms with Crippen molar-refractivity contribution in [1.29, 1.82) is 0 Å². The Kier molecular flexibility index (Phi) is 4.81. The van der Waals surface area contributed by atoms with E-state index in [-0.39, 0.29) is 17.0 Å². The number of benzene rings is 3. The molecule has 0 aliphatic heterocycles. The third kappa shape index (κ3) is 3.59. The molecular formula is C21H20N4O2. The van der Waals surface area contributed by atoms with Crippen LogP contribution in [0.5, 0.6) is 0 Å². The lowest BCUT2D eigenvalue weighted by Gasteiger charge is -2.21. The summed E-state index contributed by atoms with van der Waals surface area (Å²) in [5.74, 6) is -1.46. The maximum atomic E-state index is 11.7. The van der Waals surface area contributed by atoms with E-state index >= 15 is 0 Å². The van der Waals surface area contributed by atoms with Gasteiger partial charge in [-0.05, 0) is 41.0 Å². The molecule has 136 valence electrons. The van der Waals surface area contributed by atoms with Crippen molar-refractivity contribution >= 4 is 23.2 Å². The molecule has 0 heterocycles. The second kappa shape index (κ2) is 7.21. The first-order valence-electron chi connectivity index (χ1n) is 8.32. The summed E-state index contributed by atoms with van der Waals surface area (Å²) in [6, 6.07) is 20.0. The van der Waals surface area contributed by atoms with Crippen LogP contribution in [0.4, 0.5) is 11.4 Å². The number of carbonyl (C=O) groups is 2. The largest absolute Gasteiger partial charge is 0.398 e. The van der Waals surface area contributed by atoms with Gasteiger partial charge in [0.1, 0.15) is 0 Å². The Hall–Kier alpha value is -3.80. The van der Waals surface area contributed by atoms with Crippen LogP contribution < -0.4 is 22.9 Å². The lowest BCUT2D eigenvalue weighted by Crippen LogP contribution is -2.16. The molecule has 8 N–H and O–H groups in total. The van der Waals surface area contributed by atoms with Crippen molar-refractivity contribution in [1.82, 2.24) is 0 Å². The summed E-state index contributed by atoms with van der Waals surface area (Å²) in [7, 11) is 0. The van der Waals surface area contributed by atoms with E-state index in [1.54, 1.807) is 24.3 Å². The van der Waals surface area contributed by atoms with Crippen molar-refractivity contribution in [2.45, 2.75) is 5.92 Å². The van der Waals surface area contributed by atoms with Crippen LogP contribution in [0.15, 0.2) is 66.7 Å². The number of anilines is 2. The molecule has 3 aromatic rings. The Balaban J connectivity index is 2.23. The summed E-state index contributed by atoms with van der Waals surface area (Å²) in [5, 5.41) is 0. The number of primary amides is 2. The molecule has 0 radical (unpaired) electrons. The maximum absolute atomic E-state index is 11.7. The SMILES string of the molecule is NC(=O)c1cc(C(c2ccccc2)c2ccc(N)c(C(N)=O)c2)ccc1N. The molecule has 27 heavy (non-hydrogen) atoms. The fraction of sp³-hybridized carbons (Fsp3) is 0.0476. The van der Waals surface area contributed by atoms with Crippen molar-refractivity contribution in [3.05, 3.63) is 94.5 Å². The standard InChI is InChI=1S/C21H20N4O2/c22-17-8-6-13(10-15(17)20(24)26)19(12-4-2-1-3-5-12)14-7-9-18(23)16(11-14)21(25)27/h1-11,19H,22-23H2,(H2,24,26)(H2,25,27). The van der Waals surface area contributed by atoms with Crippen molar-refractivity contribution in [3.8, 4) is 0 Å². The molecule has 0 bridgehead atoms. The fourth-order valence-electron chi connectivity index (χ4n) is 3.16. The van der Waals surface area contributed by atoms with Crippen LogP contribution in [-0.4, -0.2) is 11.8 Å². The highest BCUT2D eigenvalue weighted by Gasteiger charge is 2.20. The highest BCUT2D eigenvalue weighted by atomic mass is 16.1. The molecule has 3 aromatic carbocycles. The molecule has 0 saturated carbocycles. The van der Waals surface area contributed by atoms with Gasteiger partial charge in [-0.15, -0.1) is 0 Å². The average Bonchev–Trinajstić information content (AvgIpc) is 2.65. The number of hydrogen-bond acceptors (Lipinski definition) is 4. The number of rotatable bonds is 5. The Morgan fingerprint density at radius 2 is 1.07 bits per heavy atom. The van der Waals surface area contributed by atoms with E-state index in [1.165, 1.54) is 0 Å². The van der Waals surface area contributed by atoms with Crippen LogP contribution in [0.25, 0.3) is 0 Å². The van der Waals surface area contributed by atoms with Crippen molar-refractivity contribution in [2.75, 3.05) is 11.5 Å². The molecule has 2 amide bonds. The minimum atomic E-state index is -0.601. The molecule has 0 saturated heterocycles. The minimum absolute atomic E-state index is 0.249. The first-order valence-corrected chi connectivity index (χ1v) is 8.32. The molecule has 0 unspecified atom stereocenters. The number of nitrogens with two attached hydrogens (primary N) is 4. The number of carbonyl (C=O) groups excluding carboxylic acids is 2. The molecule has 0 atom stereocenters. The second-order valence-corrected chi connectivity index (χ2v) is 6.27. The normalized spacial score (nSPS) is 10.7.